The standard InChI is InChI=1S/C20H26N4O/c1-12(2)16-6-4-5-7-17(16)24-13(3)21-19(23-24)20(25)22-18(14-8-9-14)15-10-11-15/h4-7,12,14-15,18H,8-11H2,1-3H3,(H,22,25). The van der Waals surface area contributed by atoms with Gasteiger partial charge in [-0.2, -0.15) is 0 Å². The Balaban J connectivity index is 1.59. The molecule has 2 fully saturated rings. The summed E-state index contributed by atoms with van der Waals surface area (Å²) in [5, 5.41) is 7.74. The third-order valence-electron chi connectivity index (χ3n) is 5.32. The number of rotatable bonds is 6. The van der Waals surface area contributed by atoms with Crippen LogP contribution in [0.25, 0.3) is 5.69 Å². The molecule has 0 unspecified atom stereocenters. The first-order valence-corrected chi connectivity index (χ1v) is 9.38. The molecule has 1 aromatic carbocycles. The molecule has 0 radical (unpaired) electrons. The highest BCUT2D eigenvalue weighted by atomic mass is 16.2. The second-order valence-electron chi connectivity index (χ2n) is 7.78. The fraction of sp³-hybridized carbons (Fsp3) is 0.550. The topological polar surface area (TPSA) is 59.8 Å². The van der Waals surface area contributed by atoms with E-state index in [4.69, 9.17) is 0 Å². The van der Waals surface area contributed by atoms with E-state index in [2.05, 4.69) is 35.3 Å². The van der Waals surface area contributed by atoms with Crippen LogP contribution in [0.4, 0.5) is 0 Å². The van der Waals surface area contributed by atoms with Crippen LogP contribution in [0.5, 0.6) is 0 Å². The highest BCUT2D eigenvalue weighted by molar-refractivity contribution is 5.90. The summed E-state index contributed by atoms with van der Waals surface area (Å²) in [5.41, 5.74) is 2.21. The van der Waals surface area contributed by atoms with E-state index in [-0.39, 0.29) is 11.7 Å². The van der Waals surface area contributed by atoms with Crippen LogP contribution in [-0.2, 0) is 0 Å². The van der Waals surface area contributed by atoms with E-state index < -0.39 is 0 Å². The van der Waals surface area contributed by atoms with Crippen molar-refractivity contribution < 1.29 is 4.79 Å². The van der Waals surface area contributed by atoms with E-state index in [1.165, 1.54) is 31.2 Å². The van der Waals surface area contributed by atoms with E-state index in [1.807, 2.05) is 25.1 Å². The quantitative estimate of drug-likeness (QED) is 0.875. The fourth-order valence-corrected chi connectivity index (χ4v) is 3.63. The first-order valence-electron chi connectivity index (χ1n) is 9.38. The largest absolute Gasteiger partial charge is 0.346 e. The summed E-state index contributed by atoms with van der Waals surface area (Å²) >= 11 is 0. The molecule has 25 heavy (non-hydrogen) atoms. The number of hydrogen-bond donors (Lipinski definition) is 1. The van der Waals surface area contributed by atoms with Crippen LogP contribution in [0.3, 0.4) is 0 Å². The Morgan fingerprint density at radius 1 is 1.16 bits per heavy atom. The average Bonchev–Trinajstić information content (AvgIpc) is 3.51. The third-order valence-corrected chi connectivity index (χ3v) is 5.32. The van der Waals surface area contributed by atoms with Gasteiger partial charge < -0.3 is 5.32 Å². The van der Waals surface area contributed by atoms with Gasteiger partial charge in [0.2, 0.25) is 5.82 Å². The number of para-hydroxylation sites is 1. The summed E-state index contributed by atoms with van der Waals surface area (Å²) in [6.45, 7) is 6.23. The summed E-state index contributed by atoms with van der Waals surface area (Å²) in [4.78, 5) is 17.1. The van der Waals surface area contributed by atoms with Crippen molar-refractivity contribution in [2.45, 2.75) is 58.4 Å². The zero-order valence-electron chi connectivity index (χ0n) is 15.2. The van der Waals surface area contributed by atoms with E-state index in [1.54, 1.807) is 4.68 Å². The third kappa shape index (κ3) is 3.32. The first-order chi connectivity index (χ1) is 12.0. The average molecular weight is 338 g/mol. The molecule has 4 rings (SSSR count). The molecular weight excluding hydrogens is 312 g/mol. The maximum absolute atomic E-state index is 12.7. The molecule has 0 bridgehead atoms. The minimum Gasteiger partial charge on any atom is -0.346 e. The summed E-state index contributed by atoms with van der Waals surface area (Å²) in [6.07, 6.45) is 4.96. The molecule has 2 aromatic rings. The molecule has 2 aliphatic carbocycles. The maximum Gasteiger partial charge on any atom is 0.291 e. The summed E-state index contributed by atoms with van der Waals surface area (Å²) in [7, 11) is 0. The second-order valence-corrected chi connectivity index (χ2v) is 7.78. The molecule has 0 atom stereocenters. The van der Waals surface area contributed by atoms with Gasteiger partial charge in [0.25, 0.3) is 5.91 Å². The number of aromatic nitrogens is 3. The molecule has 5 nitrogen and oxygen atoms in total. The van der Waals surface area contributed by atoms with Crippen molar-refractivity contribution in [1.82, 2.24) is 20.1 Å². The summed E-state index contributed by atoms with van der Waals surface area (Å²) < 4.78 is 1.80. The van der Waals surface area contributed by atoms with Gasteiger partial charge in [-0.25, -0.2) is 9.67 Å². The Morgan fingerprint density at radius 2 is 1.80 bits per heavy atom. The molecule has 1 N–H and O–H groups in total. The number of hydrogen-bond acceptors (Lipinski definition) is 3. The zero-order valence-corrected chi connectivity index (χ0v) is 15.2. The van der Waals surface area contributed by atoms with Gasteiger partial charge in [-0.15, -0.1) is 5.10 Å². The molecule has 1 aromatic heterocycles. The Kier molecular flexibility index (Phi) is 4.10. The van der Waals surface area contributed by atoms with Crippen LogP contribution < -0.4 is 5.32 Å². The Morgan fingerprint density at radius 3 is 2.40 bits per heavy atom. The van der Waals surface area contributed by atoms with Crippen LogP contribution in [-0.4, -0.2) is 26.7 Å². The molecule has 132 valence electrons. The van der Waals surface area contributed by atoms with Gasteiger partial charge in [0, 0.05) is 6.04 Å². The van der Waals surface area contributed by atoms with Gasteiger partial charge in [0.15, 0.2) is 0 Å². The van der Waals surface area contributed by atoms with Gasteiger partial charge >= 0.3 is 0 Å². The molecule has 0 spiro atoms. The van der Waals surface area contributed by atoms with Gasteiger partial charge in [0.1, 0.15) is 5.82 Å². The van der Waals surface area contributed by atoms with Gasteiger partial charge in [-0.3, -0.25) is 4.79 Å². The normalized spacial score (nSPS) is 17.3. The predicted molar refractivity (Wildman–Crippen MR) is 96.9 cm³/mol. The van der Waals surface area contributed by atoms with Crippen molar-refractivity contribution in [3.05, 3.63) is 41.5 Å². The number of carbonyl (C=O) groups excluding carboxylic acids is 1. The van der Waals surface area contributed by atoms with E-state index in [0.717, 1.165) is 11.5 Å². The molecule has 1 amide bonds. The van der Waals surface area contributed by atoms with Crippen molar-refractivity contribution in [1.29, 1.82) is 0 Å². The van der Waals surface area contributed by atoms with Crippen molar-refractivity contribution in [2.75, 3.05) is 0 Å². The van der Waals surface area contributed by atoms with Crippen molar-refractivity contribution in [3.63, 3.8) is 0 Å². The van der Waals surface area contributed by atoms with E-state index in [9.17, 15) is 4.79 Å². The molecule has 5 heteroatoms. The van der Waals surface area contributed by atoms with E-state index in [0.29, 0.717) is 23.8 Å². The number of aryl methyl sites for hydroxylation is 1. The van der Waals surface area contributed by atoms with Crippen LogP contribution in [0.1, 0.15) is 67.5 Å². The van der Waals surface area contributed by atoms with Crippen LogP contribution >= 0.6 is 0 Å². The monoisotopic (exact) mass is 338 g/mol. The molecule has 2 saturated carbocycles. The van der Waals surface area contributed by atoms with Crippen molar-refractivity contribution in [2.24, 2.45) is 11.8 Å². The van der Waals surface area contributed by atoms with Gasteiger partial charge in [-0.1, -0.05) is 32.0 Å². The Labute approximate surface area is 148 Å². The highest BCUT2D eigenvalue weighted by Gasteiger charge is 2.42. The summed E-state index contributed by atoms with van der Waals surface area (Å²) in [6, 6.07) is 8.50. The Bertz CT molecular complexity index is 775. The number of carbonyl (C=O) groups is 1. The number of benzene rings is 1. The first kappa shape index (κ1) is 16.3. The van der Waals surface area contributed by atoms with Crippen LogP contribution in [0.2, 0.25) is 0 Å². The van der Waals surface area contributed by atoms with Crippen LogP contribution in [0, 0.1) is 18.8 Å². The number of nitrogens with one attached hydrogen (secondary N) is 1. The number of amides is 1. The molecule has 2 aliphatic rings. The smallest absolute Gasteiger partial charge is 0.291 e. The van der Waals surface area contributed by atoms with Crippen LogP contribution in [0.15, 0.2) is 24.3 Å². The van der Waals surface area contributed by atoms with E-state index >= 15 is 0 Å². The van der Waals surface area contributed by atoms with Crippen molar-refractivity contribution in [3.8, 4) is 5.69 Å². The molecule has 0 saturated heterocycles. The lowest BCUT2D eigenvalue weighted by molar-refractivity contribution is 0.0915. The highest BCUT2D eigenvalue weighted by Crippen LogP contribution is 2.44. The lowest BCUT2D eigenvalue weighted by Crippen LogP contribution is -2.38. The van der Waals surface area contributed by atoms with Crippen molar-refractivity contribution >= 4 is 5.91 Å². The molecule has 0 aliphatic heterocycles. The minimum absolute atomic E-state index is 0.132. The minimum atomic E-state index is -0.132. The Hall–Kier alpha value is -2.17. The summed E-state index contributed by atoms with van der Waals surface area (Å²) in [5.74, 6) is 2.61. The molecule has 1 heterocycles. The molecular formula is C20H26N4O. The second kappa shape index (κ2) is 6.28. The van der Waals surface area contributed by atoms with Gasteiger partial charge in [0.05, 0.1) is 5.69 Å². The number of nitrogens with zero attached hydrogens (tertiary/aromatic N) is 3. The fourth-order valence-electron chi connectivity index (χ4n) is 3.63. The zero-order chi connectivity index (χ0) is 17.6. The lowest BCUT2D eigenvalue weighted by Gasteiger charge is -2.16. The predicted octanol–water partition coefficient (Wildman–Crippen LogP) is 3.62. The maximum atomic E-state index is 12.7. The SMILES string of the molecule is Cc1nc(C(=O)NC(C2CC2)C2CC2)nn1-c1ccccc1C(C)C. The van der Waals surface area contributed by atoms with Gasteiger partial charge in [-0.05, 0) is 62.0 Å². The lowest BCUT2D eigenvalue weighted by atomic mass is 10.0.